The van der Waals surface area contributed by atoms with E-state index in [9.17, 15) is 9.59 Å². The molecule has 0 bridgehead atoms. The van der Waals surface area contributed by atoms with Crippen LogP contribution in [0.2, 0.25) is 0 Å². The Balaban J connectivity index is 1.28. The van der Waals surface area contributed by atoms with Crippen LogP contribution < -0.4 is 10.6 Å². The zero-order valence-corrected chi connectivity index (χ0v) is 21.0. The van der Waals surface area contributed by atoms with Crippen molar-refractivity contribution in [3.63, 3.8) is 0 Å². The number of rotatable bonds is 3. The van der Waals surface area contributed by atoms with Gasteiger partial charge in [0.05, 0.1) is 17.3 Å². The Morgan fingerprint density at radius 2 is 1.94 bits per heavy atom. The van der Waals surface area contributed by atoms with Gasteiger partial charge < -0.3 is 4.90 Å². The zero-order valence-electron chi connectivity index (χ0n) is 18.5. The Morgan fingerprint density at radius 1 is 1.19 bits per heavy atom. The minimum Gasteiger partial charge on any atom is -0.306 e. The topological polar surface area (TPSA) is 77.0 Å². The van der Waals surface area contributed by atoms with E-state index in [0.717, 1.165) is 32.4 Å². The predicted molar refractivity (Wildman–Crippen MR) is 135 cm³/mol. The molecule has 0 radical (unpaired) electrons. The van der Waals surface area contributed by atoms with Crippen molar-refractivity contribution in [2.75, 3.05) is 27.2 Å². The molecule has 2 heterocycles. The lowest BCUT2D eigenvalue weighted by Crippen LogP contribution is -2.50. The molecule has 4 aliphatic rings. The number of hydrogen-bond donors (Lipinski definition) is 3. The number of allylic oxidation sites excluding steroid dienone is 1. The third kappa shape index (κ3) is 5.73. The number of halogens is 1. The van der Waals surface area contributed by atoms with Crippen LogP contribution in [0.15, 0.2) is 29.3 Å². The van der Waals surface area contributed by atoms with Gasteiger partial charge in [-0.3, -0.25) is 25.3 Å². The molecule has 6 atom stereocenters. The van der Waals surface area contributed by atoms with Gasteiger partial charge in [0, 0.05) is 35.7 Å². The molecule has 10 heteroatoms. The SMILES string of the molecule is CN(C)C1CCN([C@H]2C=C[C@@H](Cl)C(C(=O)NC(=O)NC3=N[C@H]4C=C[C@@H](S)CC4S3)C2)CC1. The van der Waals surface area contributed by atoms with Crippen molar-refractivity contribution in [1.29, 1.82) is 0 Å². The summed E-state index contributed by atoms with van der Waals surface area (Å²) in [7, 11) is 4.25. The lowest BCUT2D eigenvalue weighted by Gasteiger charge is -2.41. The molecule has 7 nitrogen and oxygen atoms in total. The number of thiol groups is 1. The molecule has 4 rings (SSSR count). The summed E-state index contributed by atoms with van der Waals surface area (Å²) in [4.78, 5) is 34.6. The minimum atomic E-state index is -0.548. The third-order valence-corrected chi connectivity index (χ3v) is 8.84. The molecule has 0 spiro atoms. The molecule has 2 N–H and O–H groups in total. The first-order valence-electron chi connectivity index (χ1n) is 11.3. The summed E-state index contributed by atoms with van der Waals surface area (Å²) >= 11 is 12.5. The molecule has 2 unspecified atom stereocenters. The number of imide groups is 1. The zero-order chi connectivity index (χ0) is 22.8. The summed E-state index contributed by atoms with van der Waals surface area (Å²) in [6.45, 7) is 2.00. The fraction of sp³-hybridized carbons (Fsp3) is 0.682. The number of piperidine rings is 1. The van der Waals surface area contributed by atoms with Gasteiger partial charge in [0.2, 0.25) is 5.91 Å². The Labute approximate surface area is 204 Å². The van der Waals surface area contributed by atoms with E-state index < -0.39 is 17.3 Å². The molecule has 2 aliphatic carbocycles. The predicted octanol–water partition coefficient (Wildman–Crippen LogP) is 2.49. The van der Waals surface area contributed by atoms with Crippen molar-refractivity contribution in [2.24, 2.45) is 10.9 Å². The summed E-state index contributed by atoms with van der Waals surface area (Å²) in [5.74, 6) is -0.783. The van der Waals surface area contributed by atoms with E-state index >= 15 is 0 Å². The number of hydrogen-bond acceptors (Lipinski definition) is 7. The van der Waals surface area contributed by atoms with Gasteiger partial charge in [-0.2, -0.15) is 12.6 Å². The van der Waals surface area contributed by atoms with E-state index in [4.69, 9.17) is 11.6 Å². The highest BCUT2D eigenvalue weighted by Gasteiger charge is 2.36. The summed E-state index contributed by atoms with van der Waals surface area (Å²) in [6.07, 6.45) is 11.8. The van der Waals surface area contributed by atoms with Gasteiger partial charge in [-0.25, -0.2) is 4.79 Å². The van der Waals surface area contributed by atoms with Crippen LogP contribution in [-0.2, 0) is 4.79 Å². The number of nitrogens with zero attached hydrogens (tertiary/aromatic N) is 3. The Hall–Kier alpha value is -1.00. The fourth-order valence-electron chi connectivity index (χ4n) is 4.86. The lowest BCUT2D eigenvalue weighted by atomic mass is 9.88. The molecule has 3 amide bonds. The third-order valence-electron chi connectivity index (χ3n) is 6.80. The van der Waals surface area contributed by atoms with Crippen molar-refractivity contribution in [2.45, 2.75) is 59.7 Å². The highest BCUT2D eigenvalue weighted by atomic mass is 35.5. The molecule has 0 aromatic heterocycles. The number of likely N-dealkylation sites (tertiary alicyclic amines) is 1. The number of nitrogens with one attached hydrogen (secondary N) is 2. The summed E-state index contributed by atoms with van der Waals surface area (Å²) < 4.78 is 0. The molecular formula is C22H32ClN5O2S2. The molecule has 1 saturated heterocycles. The molecule has 2 aliphatic heterocycles. The summed E-state index contributed by atoms with van der Waals surface area (Å²) in [5.41, 5.74) is 0. The number of amidine groups is 1. The highest BCUT2D eigenvalue weighted by Crippen LogP contribution is 2.34. The van der Waals surface area contributed by atoms with E-state index in [1.807, 2.05) is 18.2 Å². The normalized spacial score (nSPS) is 35.5. The Kier molecular flexibility index (Phi) is 7.93. The van der Waals surface area contributed by atoms with Gasteiger partial charge in [0.15, 0.2) is 5.17 Å². The number of carbonyl (C=O) groups excluding carboxylic acids is 2. The molecule has 0 aromatic carbocycles. The van der Waals surface area contributed by atoms with Gasteiger partial charge in [0.1, 0.15) is 0 Å². The number of fused-ring (bicyclic) bond motifs is 1. The van der Waals surface area contributed by atoms with Gasteiger partial charge in [-0.1, -0.05) is 36.1 Å². The first-order chi connectivity index (χ1) is 15.3. The highest BCUT2D eigenvalue weighted by molar-refractivity contribution is 8.14. The molecular weight excluding hydrogens is 466 g/mol. The van der Waals surface area contributed by atoms with E-state index in [2.05, 4.69) is 58.2 Å². The molecule has 176 valence electrons. The van der Waals surface area contributed by atoms with Crippen molar-refractivity contribution >= 4 is 53.1 Å². The van der Waals surface area contributed by atoms with Crippen LogP contribution in [0.25, 0.3) is 0 Å². The molecule has 32 heavy (non-hydrogen) atoms. The van der Waals surface area contributed by atoms with Crippen LogP contribution in [0.1, 0.15) is 25.7 Å². The second kappa shape index (κ2) is 10.5. The number of thioether (sulfide) groups is 1. The van der Waals surface area contributed by atoms with Crippen LogP contribution in [0.5, 0.6) is 0 Å². The monoisotopic (exact) mass is 497 g/mol. The largest absolute Gasteiger partial charge is 0.327 e. The van der Waals surface area contributed by atoms with E-state index in [-0.39, 0.29) is 28.5 Å². The van der Waals surface area contributed by atoms with Crippen molar-refractivity contribution in [3.05, 3.63) is 24.3 Å². The first kappa shape index (κ1) is 24.1. The number of urea groups is 1. The average Bonchev–Trinajstić information content (AvgIpc) is 3.15. The van der Waals surface area contributed by atoms with E-state index in [1.165, 1.54) is 11.8 Å². The van der Waals surface area contributed by atoms with Gasteiger partial charge in [-0.05, 0) is 39.8 Å². The molecule has 1 fully saturated rings. The summed E-state index contributed by atoms with van der Waals surface area (Å²) in [6, 6.07) is 0.290. The first-order valence-corrected chi connectivity index (χ1v) is 13.1. The van der Waals surface area contributed by atoms with Crippen molar-refractivity contribution in [3.8, 4) is 0 Å². The van der Waals surface area contributed by atoms with Gasteiger partial charge in [-0.15, -0.1) is 11.6 Å². The fourth-order valence-corrected chi connectivity index (χ4v) is 6.85. The standard InChI is InChI=1S/C22H32ClN5O2S2/c1-27(2)13-7-9-28(10-8-13)14-3-5-17(23)16(11-14)20(29)25-21(30)26-22-24-18-6-4-15(31)12-19(18)32-22/h3-6,13-19,31H,7-12H2,1-2H3,(H2,24,25,26,29,30)/t14-,15+,16?,17+,18-,19?/m0/s1. The van der Waals surface area contributed by atoms with Crippen LogP contribution in [0.4, 0.5) is 4.79 Å². The maximum atomic E-state index is 12.9. The van der Waals surface area contributed by atoms with E-state index in [1.54, 1.807) is 0 Å². The van der Waals surface area contributed by atoms with Crippen molar-refractivity contribution in [1.82, 2.24) is 20.4 Å². The van der Waals surface area contributed by atoms with E-state index in [0.29, 0.717) is 17.6 Å². The average molecular weight is 498 g/mol. The van der Waals surface area contributed by atoms with Gasteiger partial charge in [0.25, 0.3) is 0 Å². The van der Waals surface area contributed by atoms with Crippen LogP contribution in [-0.4, -0.2) is 88.1 Å². The van der Waals surface area contributed by atoms with Crippen molar-refractivity contribution < 1.29 is 9.59 Å². The Bertz CT molecular complexity index is 812. The summed E-state index contributed by atoms with van der Waals surface area (Å²) in [5, 5.41) is 5.84. The lowest BCUT2D eigenvalue weighted by molar-refractivity contribution is -0.124. The number of carbonyl (C=O) groups is 2. The molecule has 0 saturated carbocycles. The van der Waals surface area contributed by atoms with Crippen LogP contribution >= 0.6 is 36.0 Å². The smallest absolute Gasteiger partial charge is 0.306 e. The number of amides is 3. The van der Waals surface area contributed by atoms with Crippen LogP contribution in [0.3, 0.4) is 0 Å². The maximum absolute atomic E-state index is 12.9. The van der Waals surface area contributed by atoms with Gasteiger partial charge >= 0.3 is 6.03 Å². The number of aliphatic imine (C=N–C) groups is 1. The Morgan fingerprint density at radius 3 is 2.66 bits per heavy atom. The molecule has 0 aromatic rings. The minimum absolute atomic E-state index is 0.0579. The quantitative estimate of drug-likeness (QED) is 0.317. The number of alkyl halides is 1. The second-order valence-corrected chi connectivity index (χ2v) is 11.6. The van der Waals surface area contributed by atoms with Crippen LogP contribution in [0, 0.1) is 5.92 Å². The maximum Gasteiger partial charge on any atom is 0.327 e. The second-order valence-electron chi connectivity index (χ2n) is 9.18.